The molecule has 0 radical (unpaired) electrons. The van der Waals surface area contributed by atoms with Gasteiger partial charge in [-0.3, -0.25) is 9.36 Å². The maximum absolute atomic E-state index is 12.7. The molecule has 0 aromatic rings. The summed E-state index contributed by atoms with van der Waals surface area (Å²) in [5.74, 6) is -0.183. The number of nitrogens with zero attached hydrogens (tertiary/aromatic N) is 1. The fraction of sp³-hybridized carbons (Fsp3) is 0.865. The van der Waals surface area contributed by atoms with Gasteiger partial charge in [0.25, 0.3) is 7.82 Å². The predicted molar refractivity (Wildman–Crippen MR) is 192 cm³/mol. The second kappa shape index (κ2) is 30.1. The van der Waals surface area contributed by atoms with Crippen molar-refractivity contribution in [3.8, 4) is 0 Å². The lowest BCUT2D eigenvalue weighted by atomic mass is 10.0. The molecule has 272 valence electrons. The number of carbonyl (C=O) groups excluding carboxylic acids is 1. The molecule has 3 unspecified atom stereocenters. The topological polar surface area (TPSA) is 108 Å². The van der Waals surface area contributed by atoms with Gasteiger partial charge >= 0.3 is 0 Å². The highest BCUT2D eigenvalue weighted by molar-refractivity contribution is 7.45. The summed E-state index contributed by atoms with van der Waals surface area (Å²) in [5, 5.41) is 13.8. The van der Waals surface area contributed by atoms with Crippen molar-refractivity contribution in [2.24, 2.45) is 0 Å². The van der Waals surface area contributed by atoms with Crippen LogP contribution in [0.1, 0.15) is 155 Å². The van der Waals surface area contributed by atoms with Gasteiger partial charge < -0.3 is 28.8 Å². The third-order valence-corrected chi connectivity index (χ3v) is 9.16. The Morgan fingerprint density at radius 2 is 1.26 bits per heavy atom. The van der Waals surface area contributed by atoms with Crippen molar-refractivity contribution >= 4 is 13.7 Å². The van der Waals surface area contributed by atoms with Crippen LogP contribution in [-0.2, 0) is 18.4 Å². The van der Waals surface area contributed by atoms with Crippen LogP contribution >= 0.6 is 7.82 Å². The number of quaternary nitrogens is 1. The molecule has 0 aromatic heterocycles. The van der Waals surface area contributed by atoms with Gasteiger partial charge in [-0.25, -0.2) is 0 Å². The number of phosphoric acid groups is 1. The number of carbonyl (C=O) groups is 1. The van der Waals surface area contributed by atoms with Gasteiger partial charge in [0.1, 0.15) is 13.2 Å². The molecule has 3 atom stereocenters. The highest BCUT2D eigenvalue weighted by atomic mass is 31.2. The molecule has 0 aliphatic rings. The molecule has 0 fully saturated rings. The monoisotopic (exact) mass is 673 g/mol. The molecular weight excluding hydrogens is 599 g/mol. The van der Waals surface area contributed by atoms with Crippen molar-refractivity contribution in [3.05, 3.63) is 24.3 Å². The Balaban J connectivity index is 4.47. The summed E-state index contributed by atoms with van der Waals surface area (Å²) in [5.41, 5.74) is 0. The molecule has 1 amide bonds. The van der Waals surface area contributed by atoms with E-state index < -0.39 is 20.0 Å². The number of hydrogen-bond donors (Lipinski definition) is 2. The van der Waals surface area contributed by atoms with Crippen molar-refractivity contribution in [2.45, 2.75) is 167 Å². The molecule has 0 spiro atoms. The number of unbranched alkanes of at least 4 members (excludes halogenated alkanes) is 16. The first kappa shape index (κ1) is 45.0. The number of phosphoric ester groups is 1. The molecule has 0 rings (SSSR count). The van der Waals surface area contributed by atoms with Crippen molar-refractivity contribution in [2.75, 3.05) is 40.9 Å². The average molecular weight is 673 g/mol. The van der Waals surface area contributed by atoms with Crippen LogP contribution < -0.4 is 10.2 Å². The predicted octanol–water partition coefficient (Wildman–Crippen LogP) is 8.77. The zero-order valence-corrected chi connectivity index (χ0v) is 31.4. The first-order valence-electron chi connectivity index (χ1n) is 18.7. The van der Waals surface area contributed by atoms with Crippen molar-refractivity contribution in [1.29, 1.82) is 0 Å². The SMILES string of the molecule is CCCCC/C=C\C/C=C\CCCCCCCC(=O)NC(COP(=O)([O-])OCC[N+](C)(C)C)C(O)CCCCCCCCCCC. The second-order valence-electron chi connectivity index (χ2n) is 13.9. The van der Waals surface area contributed by atoms with Gasteiger partial charge in [-0.05, 0) is 44.9 Å². The molecule has 0 heterocycles. The van der Waals surface area contributed by atoms with E-state index in [9.17, 15) is 19.4 Å². The summed E-state index contributed by atoms with van der Waals surface area (Å²) in [6, 6.07) is -0.802. The average Bonchev–Trinajstić information content (AvgIpc) is 2.99. The number of aliphatic hydroxyl groups is 1. The fourth-order valence-electron chi connectivity index (χ4n) is 5.13. The van der Waals surface area contributed by atoms with E-state index in [1.54, 1.807) is 0 Å². The summed E-state index contributed by atoms with van der Waals surface area (Å²) in [6.07, 6.45) is 31.8. The zero-order valence-electron chi connectivity index (χ0n) is 30.5. The van der Waals surface area contributed by atoms with E-state index in [1.807, 2.05) is 21.1 Å². The van der Waals surface area contributed by atoms with Crippen LogP contribution in [-0.4, -0.2) is 68.5 Å². The van der Waals surface area contributed by atoms with E-state index in [-0.39, 0.29) is 19.1 Å². The number of allylic oxidation sites excluding steroid dienone is 4. The minimum atomic E-state index is -4.55. The van der Waals surface area contributed by atoms with E-state index in [0.29, 0.717) is 23.9 Å². The molecule has 0 aromatic carbocycles. The largest absolute Gasteiger partial charge is 0.756 e. The first-order chi connectivity index (χ1) is 22.0. The van der Waals surface area contributed by atoms with Gasteiger partial charge in [0.2, 0.25) is 5.91 Å². The molecule has 0 bridgehead atoms. The summed E-state index contributed by atoms with van der Waals surface area (Å²) in [4.78, 5) is 25.1. The van der Waals surface area contributed by atoms with Gasteiger partial charge in [-0.2, -0.15) is 0 Å². The molecule has 46 heavy (non-hydrogen) atoms. The van der Waals surface area contributed by atoms with Crippen LogP contribution in [0.15, 0.2) is 24.3 Å². The normalized spacial score (nSPS) is 15.0. The minimum absolute atomic E-state index is 0.00905. The Bertz CT molecular complexity index is 814. The Hall–Kier alpha value is -1.02. The zero-order chi connectivity index (χ0) is 34.4. The highest BCUT2D eigenvalue weighted by Crippen LogP contribution is 2.38. The molecule has 0 saturated heterocycles. The third-order valence-electron chi connectivity index (χ3n) is 8.19. The van der Waals surface area contributed by atoms with Crippen LogP contribution in [0.5, 0.6) is 0 Å². The van der Waals surface area contributed by atoms with E-state index in [4.69, 9.17) is 9.05 Å². The molecule has 0 aliphatic heterocycles. The molecular formula is C37H73N2O6P. The van der Waals surface area contributed by atoms with Gasteiger partial charge in [0.05, 0.1) is 39.9 Å². The number of hydrogen-bond acceptors (Lipinski definition) is 6. The Kier molecular flexibility index (Phi) is 29.4. The van der Waals surface area contributed by atoms with Crippen LogP contribution in [0, 0.1) is 0 Å². The van der Waals surface area contributed by atoms with E-state index in [2.05, 4.69) is 43.5 Å². The lowest BCUT2D eigenvalue weighted by Gasteiger charge is -2.30. The molecule has 9 heteroatoms. The smallest absolute Gasteiger partial charge is 0.268 e. The molecule has 0 aliphatic carbocycles. The molecule has 0 saturated carbocycles. The lowest BCUT2D eigenvalue weighted by Crippen LogP contribution is -2.46. The molecule has 8 nitrogen and oxygen atoms in total. The maximum Gasteiger partial charge on any atom is 0.268 e. The van der Waals surface area contributed by atoms with E-state index in [0.717, 1.165) is 64.2 Å². The Morgan fingerprint density at radius 1 is 0.761 bits per heavy atom. The van der Waals surface area contributed by atoms with E-state index >= 15 is 0 Å². The summed E-state index contributed by atoms with van der Waals surface area (Å²) < 4.78 is 23.1. The van der Waals surface area contributed by atoms with Gasteiger partial charge in [0.15, 0.2) is 0 Å². The fourth-order valence-corrected chi connectivity index (χ4v) is 5.85. The maximum atomic E-state index is 12.7. The summed E-state index contributed by atoms with van der Waals surface area (Å²) in [6.45, 7) is 4.63. The minimum Gasteiger partial charge on any atom is -0.756 e. The van der Waals surface area contributed by atoms with Crippen LogP contribution in [0.25, 0.3) is 0 Å². The Morgan fingerprint density at radius 3 is 1.85 bits per heavy atom. The quantitative estimate of drug-likeness (QED) is 0.0312. The lowest BCUT2D eigenvalue weighted by molar-refractivity contribution is -0.870. The number of likely N-dealkylation sites (N-methyl/N-ethyl adjacent to an activating group) is 1. The van der Waals surface area contributed by atoms with Gasteiger partial charge in [0, 0.05) is 6.42 Å². The number of rotatable bonds is 33. The number of aliphatic hydroxyl groups excluding tert-OH is 1. The number of nitrogens with one attached hydrogen (secondary N) is 1. The Labute approximate surface area is 284 Å². The third kappa shape index (κ3) is 31.6. The van der Waals surface area contributed by atoms with Gasteiger partial charge in [-0.1, -0.05) is 128 Å². The summed E-state index contributed by atoms with van der Waals surface area (Å²) >= 11 is 0. The standard InChI is InChI=1S/C37H73N2O6P/c1-6-8-10-12-14-16-17-18-19-20-21-23-25-27-29-31-37(41)38-35(34-45-46(42,43)44-33-32-39(3,4)5)36(40)30-28-26-24-22-15-13-11-9-7-2/h14,16,18-19,35-36,40H,6-13,15,17,20-34H2,1-5H3,(H-,38,41,42,43)/b16-14-,19-18-. The second-order valence-corrected chi connectivity index (χ2v) is 15.3. The van der Waals surface area contributed by atoms with Crippen LogP contribution in [0.4, 0.5) is 0 Å². The van der Waals surface area contributed by atoms with Crippen LogP contribution in [0.3, 0.4) is 0 Å². The number of amides is 1. The van der Waals surface area contributed by atoms with Crippen molar-refractivity contribution in [3.63, 3.8) is 0 Å². The summed E-state index contributed by atoms with van der Waals surface area (Å²) in [7, 11) is 1.29. The van der Waals surface area contributed by atoms with Crippen molar-refractivity contribution < 1.29 is 32.9 Å². The molecule has 2 N–H and O–H groups in total. The van der Waals surface area contributed by atoms with Gasteiger partial charge in [-0.15, -0.1) is 0 Å². The van der Waals surface area contributed by atoms with Crippen LogP contribution in [0.2, 0.25) is 0 Å². The van der Waals surface area contributed by atoms with Crippen molar-refractivity contribution in [1.82, 2.24) is 5.32 Å². The highest BCUT2D eigenvalue weighted by Gasteiger charge is 2.24. The van der Waals surface area contributed by atoms with E-state index in [1.165, 1.54) is 64.2 Å². The first-order valence-corrected chi connectivity index (χ1v) is 20.1.